The minimum absolute atomic E-state index is 0.198. The Bertz CT molecular complexity index is 615. The van der Waals surface area contributed by atoms with Crippen molar-refractivity contribution in [1.29, 1.82) is 0 Å². The molecule has 1 aromatic carbocycles. The van der Waals surface area contributed by atoms with Gasteiger partial charge >= 0.3 is 0 Å². The molecule has 4 heteroatoms. The molecule has 2 rings (SSSR count). The summed E-state index contributed by atoms with van der Waals surface area (Å²) in [5.41, 5.74) is 1.51. The summed E-state index contributed by atoms with van der Waals surface area (Å²) >= 11 is 0. The molecule has 0 amide bonds. The fourth-order valence-corrected chi connectivity index (χ4v) is 1.63. The Balaban J connectivity index is 2.17. The van der Waals surface area contributed by atoms with Crippen LogP contribution in [0, 0.1) is 11.8 Å². The number of hydrogen-bond donors (Lipinski definition) is 1. The molecule has 0 spiro atoms. The van der Waals surface area contributed by atoms with Gasteiger partial charge in [0.25, 0.3) is 0 Å². The van der Waals surface area contributed by atoms with Gasteiger partial charge in [0.1, 0.15) is 24.7 Å². The maximum Gasteiger partial charge on any atom is 0.135 e. The van der Waals surface area contributed by atoms with E-state index in [1.54, 1.807) is 31.5 Å². The molecule has 1 heterocycles. The maximum atomic E-state index is 8.80. The van der Waals surface area contributed by atoms with Crippen molar-refractivity contribution in [3.63, 3.8) is 0 Å². The molecule has 1 aromatic heterocycles. The van der Waals surface area contributed by atoms with Gasteiger partial charge in [-0.25, -0.2) is 0 Å². The third-order valence-electron chi connectivity index (χ3n) is 2.59. The van der Waals surface area contributed by atoms with E-state index in [0.717, 1.165) is 5.69 Å². The molecule has 0 radical (unpaired) electrons. The summed E-state index contributed by atoms with van der Waals surface area (Å²) in [6, 6.07) is 11.0. The molecule has 20 heavy (non-hydrogen) atoms. The average Bonchev–Trinajstić information content (AvgIpc) is 2.52. The van der Waals surface area contributed by atoms with Gasteiger partial charge in [-0.15, -0.1) is 0 Å². The summed E-state index contributed by atoms with van der Waals surface area (Å²) in [5.74, 6) is 6.79. The van der Waals surface area contributed by atoms with Crippen molar-refractivity contribution in [3.05, 3.63) is 53.9 Å². The number of aliphatic hydroxyl groups excluding tert-OH is 1. The zero-order valence-corrected chi connectivity index (χ0v) is 11.2. The molecule has 0 aliphatic carbocycles. The Morgan fingerprint density at radius 1 is 1.25 bits per heavy atom. The van der Waals surface area contributed by atoms with Crippen molar-refractivity contribution < 1.29 is 14.6 Å². The molecule has 0 atom stereocenters. The highest BCUT2D eigenvalue weighted by molar-refractivity contribution is 5.50. The monoisotopic (exact) mass is 269 g/mol. The van der Waals surface area contributed by atoms with E-state index in [1.807, 2.05) is 18.2 Å². The van der Waals surface area contributed by atoms with Crippen LogP contribution in [-0.4, -0.2) is 23.8 Å². The van der Waals surface area contributed by atoms with Gasteiger partial charge in [-0.1, -0.05) is 17.9 Å². The van der Waals surface area contributed by atoms with Crippen molar-refractivity contribution in [1.82, 2.24) is 4.98 Å². The number of aliphatic hydroxyl groups is 1. The summed E-state index contributed by atoms with van der Waals surface area (Å²) in [6.07, 6.45) is 1.72. The van der Waals surface area contributed by atoms with E-state index in [4.69, 9.17) is 14.6 Å². The number of hydrogen-bond acceptors (Lipinski definition) is 4. The second kappa shape index (κ2) is 7.17. The van der Waals surface area contributed by atoms with E-state index in [9.17, 15) is 0 Å². The van der Waals surface area contributed by atoms with Gasteiger partial charge in [0, 0.05) is 6.20 Å². The molecule has 0 bridgehead atoms. The van der Waals surface area contributed by atoms with Gasteiger partial charge in [-0.05, 0) is 30.3 Å². The largest absolute Gasteiger partial charge is 0.497 e. The first-order valence-electron chi connectivity index (χ1n) is 6.14. The summed E-state index contributed by atoms with van der Waals surface area (Å²) in [4.78, 5) is 4.19. The second-order valence-electron chi connectivity index (χ2n) is 3.93. The molecule has 2 aromatic rings. The predicted octanol–water partition coefficient (Wildman–Crippen LogP) is 2.01. The predicted molar refractivity (Wildman–Crippen MR) is 75.5 cm³/mol. The van der Waals surface area contributed by atoms with Crippen LogP contribution in [0.15, 0.2) is 42.6 Å². The molecule has 1 N–H and O–H groups in total. The molecule has 102 valence electrons. The van der Waals surface area contributed by atoms with Crippen LogP contribution in [0.3, 0.4) is 0 Å². The second-order valence-corrected chi connectivity index (χ2v) is 3.93. The molecule has 0 aliphatic rings. The molecule has 0 aliphatic heterocycles. The molecule has 4 nitrogen and oxygen atoms in total. The number of nitrogens with zero attached hydrogens (tertiary/aromatic N) is 1. The van der Waals surface area contributed by atoms with Gasteiger partial charge in [-0.2, -0.15) is 0 Å². The molecular weight excluding hydrogens is 254 g/mol. The first kappa shape index (κ1) is 13.9. The fourth-order valence-electron chi connectivity index (χ4n) is 1.63. The normalized spacial score (nSPS) is 9.50. The lowest BCUT2D eigenvalue weighted by atomic mass is 10.2. The zero-order chi connectivity index (χ0) is 14.2. The molecular formula is C16H15NO3. The summed E-state index contributed by atoms with van der Waals surface area (Å²) < 4.78 is 10.9. The Morgan fingerprint density at radius 3 is 2.85 bits per heavy atom. The van der Waals surface area contributed by atoms with E-state index in [1.165, 1.54) is 0 Å². The van der Waals surface area contributed by atoms with Crippen LogP contribution in [-0.2, 0) is 6.61 Å². The minimum atomic E-state index is -0.198. The first-order chi connectivity index (χ1) is 9.83. The lowest BCUT2D eigenvalue weighted by Gasteiger charge is -2.09. The van der Waals surface area contributed by atoms with Crippen molar-refractivity contribution in [2.75, 3.05) is 13.7 Å². The summed E-state index contributed by atoms with van der Waals surface area (Å²) in [7, 11) is 1.59. The zero-order valence-electron chi connectivity index (χ0n) is 11.2. The Hall–Kier alpha value is -2.51. The van der Waals surface area contributed by atoms with Crippen LogP contribution in [0.5, 0.6) is 11.5 Å². The third-order valence-corrected chi connectivity index (χ3v) is 2.59. The number of ether oxygens (including phenoxy) is 2. The fraction of sp³-hybridized carbons (Fsp3) is 0.188. The smallest absolute Gasteiger partial charge is 0.135 e. The number of rotatable bonds is 4. The SMILES string of the molecule is COc1ccc(OCc2ccccn2)c(C#CCO)c1. The maximum absolute atomic E-state index is 8.80. The van der Waals surface area contributed by atoms with E-state index < -0.39 is 0 Å². The molecule has 0 saturated heterocycles. The van der Waals surface area contributed by atoms with Crippen LogP contribution < -0.4 is 9.47 Å². The van der Waals surface area contributed by atoms with Crippen LogP contribution in [0.25, 0.3) is 0 Å². The van der Waals surface area contributed by atoms with Gasteiger partial charge < -0.3 is 14.6 Å². The number of benzene rings is 1. The quantitative estimate of drug-likeness (QED) is 0.863. The number of pyridine rings is 1. The van der Waals surface area contributed by atoms with Crippen LogP contribution in [0.4, 0.5) is 0 Å². The molecule has 0 fully saturated rings. The van der Waals surface area contributed by atoms with Crippen LogP contribution in [0.1, 0.15) is 11.3 Å². The Kier molecular flexibility index (Phi) is 4.99. The van der Waals surface area contributed by atoms with Crippen molar-refractivity contribution >= 4 is 0 Å². The van der Waals surface area contributed by atoms with E-state index in [2.05, 4.69) is 16.8 Å². The van der Waals surface area contributed by atoms with E-state index in [0.29, 0.717) is 23.7 Å². The number of aromatic nitrogens is 1. The van der Waals surface area contributed by atoms with Gasteiger partial charge in [0.2, 0.25) is 0 Å². The summed E-state index contributed by atoms with van der Waals surface area (Å²) in [5, 5.41) is 8.80. The molecule has 0 unspecified atom stereocenters. The van der Waals surface area contributed by atoms with Crippen LogP contribution >= 0.6 is 0 Å². The lowest BCUT2D eigenvalue weighted by Crippen LogP contribution is -1.99. The van der Waals surface area contributed by atoms with E-state index >= 15 is 0 Å². The van der Waals surface area contributed by atoms with Crippen molar-refractivity contribution in [2.45, 2.75) is 6.61 Å². The Morgan fingerprint density at radius 2 is 2.15 bits per heavy atom. The average molecular weight is 269 g/mol. The topological polar surface area (TPSA) is 51.6 Å². The van der Waals surface area contributed by atoms with Gasteiger partial charge in [0.15, 0.2) is 0 Å². The molecule has 0 saturated carbocycles. The minimum Gasteiger partial charge on any atom is -0.497 e. The van der Waals surface area contributed by atoms with Crippen molar-refractivity contribution in [3.8, 4) is 23.3 Å². The highest BCUT2D eigenvalue weighted by atomic mass is 16.5. The standard InChI is InChI=1S/C16H15NO3/c1-19-15-7-8-16(13(11-15)5-4-10-18)20-12-14-6-2-3-9-17-14/h2-3,6-9,11,18H,10,12H2,1H3. The highest BCUT2D eigenvalue weighted by Gasteiger charge is 2.04. The van der Waals surface area contributed by atoms with E-state index in [-0.39, 0.29) is 6.61 Å². The highest BCUT2D eigenvalue weighted by Crippen LogP contribution is 2.24. The summed E-state index contributed by atoms with van der Waals surface area (Å²) in [6.45, 7) is 0.165. The third kappa shape index (κ3) is 3.74. The van der Waals surface area contributed by atoms with Crippen molar-refractivity contribution in [2.24, 2.45) is 0 Å². The van der Waals surface area contributed by atoms with Crippen LogP contribution in [0.2, 0.25) is 0 Å². The number of methoxy groups -OCH3 is 1. The Labute approximate surface area is 118 Å². The van der Waals surface area contributed by atoms with Gasteiger partial charge in [-0.3, -0.25) is 4.98 Å². The van der Waals surface area contributed by atoms with Gasteiger partial charge in [0.05, 0.1) is 18.4 Å². The lowest BCUT2D eigenvalue weighted by molar-refractivity contribution is 0.300. The first-order valence-corrected chi connectivity index (χ1v) is 6.14.